The van der Waals surface area contributed by atoms with Gasteiger partial charge in [0.25, 0.3) is 6.49 Å². The molecule has 0 N–H and O–H groups in total. The fourth-order valence-corrected chi connectivity index (χ4v) is 5.02. The Labute approximate surface area is 148 Å². The van der Waals surface area contributed by atoms with Crippen molar-refractivity contribution in [2.24, 2.45) is 0 Å². The van der Waals surface area contributed by atoms with Crippen LogP contribution in [0.2, 0.25) is 0 Å². The van der Waals surface area contributed by atoms with Crippen LogP contribution < -0.4 is 9.83 Å². The fourth-order valence-electron chi connectivity index (χ4n) is 1.83. The van der Waals surface area contributed by atoms with Gasteiger partial charge in [0.1, 0.15) is 5.75 Å². The lowest BCUT2D eigenvalue weighted by atomic mass is 10.3. The average molecular weight is 392 g/mol. The van der Waals surface area contributed by atoms with Crippen LogP contribution in [0.1, 0.15) is 6.92 Å². The summed E-state index contributed by atoms with van der Waals surface area (Å²) >= 11 is 6.33. The SMILES string of the molecule is CCOP(=S)(Oc1ccc(SCC(F)(F)F)cc1)c1ccccc1. The molecular formula is C16H16F3O2PS2. The van der Waals surface area contributed by atoms with Crippen LogP contribution in [-0.4, -0.2) is 18.5 Å². The van der Waals surface area contributed by atoms with Gasteiger partial charge in [-0.25, -0.2) is 0 Å². The summed E-state index contributed by atoms with van der Waals surface area (Å²) in [5.74, 6) is -0.444. The second kappa shape index (κ2) is 8.39. The Hall–Kier alpha value is -1.01. The van der Waals surface area contributed by atoms with Crippen molar-refractivity contribution in [1.82, 2.24) is 0 Å². The van der Waals surface area contributed by atoms with Gasteiger partial charge in [-0.2, -0.15) is 13.2 Å². The standard InChI is InChI=1S/C16H16F3O2PS2/c1-2-20-22(23,14-6-4-3-5-7-14)21-13-8-10-15(11-9-13)24-12-16(17,18)19/h3-11H,2,12H2,1H3. The summed E-state index contributed by atoms with van der Waals surface area (Å²) in [6.07, 6.45) is -4.19. The molecule has 0 spiro atoms. The van der Waals surface area contributed by atoms with Crippen LogP contribution in [0.4, 0.5) is 13.2 Å². The first-order valence-corrected chi connectivity index (χ1v) is 10.7. The molecule has 1 atom stereocenters. The van der Waals surface area contributed by atoms with Gasteiger partial charge in [-0.3, -0.25) is 0 Å². The van der Waals surface area contributed by atoms with Crippen LogP contribution in [0.3, 0.4) is 0 Å². The van der Waals surface area contributed by atoms with Gasteiger partial charge < -0.3 is 9.05 Å². The highest BCUT2D eigenvalue weighted by molar-refractivity contribution is 8.13. The van der Waals surface area contributed by atoms with E-state index >= 15 is 0 Å². The van der Waals surface area contributed by atoms with Gasteiger partial charge >= 0.3 is 6.18 Å². The summed E-state index contributed by atoms with van der Waals surface area (Å²) in [5.41, 5.74) is 0. The minimum absolute atomic E-state index is 0.408. The molecule has 2 aromatic rings. The lowest BCUT2D eigenvalue weighted by molar-refractivity contribution is -0.105. The Balaban J connectivity index is 2.12. The Morgan fingerprint density at radius 3 is 2.21 bits per heavy atom. The van der Waals surface area contributed by atoms with E-state index in [1.165, 1.54) is 0 Å². The summed E-state index contributed by atoms with van der Waals surface area (Å²) in [6, 6.07) is 15.7. The van der Waals surface area contributed by atoms with E-state index in [1.54, 1.807) is 24.3 Å². The number of hydrogen-bond donors (Lipinski definition) is 0. The summed E-state index contributed by atoms with van der Waals surface area (Å²) in [6.45, 7) is -0.458. The third kappa shape index (κ3) is 5.81. The molecule has 0 saturated heterocycles. The van der Waals surface area contributed by atoms with Crippen molar-refractivity contribution in [2.45, 2.75) is 18.0 Å². The zero-order valence-electron chi connectivity index (χ0n) is 12.8. The molecule has 2 nitrogen and oxygen atoms in total. The molecule has 0 radical (unpaired) electrons. The number of halogens is 3. The van der Waals surface area contributed by atoms with E-state index in [0.717, 1.165) is 17.1 Å². The molecule has 2 aromatic carbocycles. The minimum atomic E-state index is -4.19. The van der Waals surface area contributed by atoms with Crippen molar-refractivity contribution in [1.29, 1.82) is 0 Å². The van der Waals surface area contributed by atoms with E-state index < -0.39 is 18.4 Å². The van der Waals surface area contributed by atoms with Gasteiger partial charge in [0.05, 0.1) is 12.4 Å². The smallest absolute Gasteiger partial charge is 0.398 e. The van der Waals surface area contributed by atoms with Crippen LogP contribution in [0.25, 0.3) is 0 Å². The van der Waals surface area contributed by atoms with E-state index in [0.29, 0.717) is 17.3 Å². The minimum Gasteiger partial charge on any atom is -0.440 e. The van der Waals surface area contributed by atoms with E-state index in [1.807, 2.05) is 37.3 Å². The van der Waals surface area contributed by atoms with Crippen molar-refractivity contribution < 1.29 is 22.2 Å². The predicted octanol–water partition coefficient (Wildman–Crippen LogP) is 5.39. The molecule has 0 aromatic heterocycles. The maximum absolute atomic E-state index is 12.2. The topological polar surface area (TPSA) is 18.5 Å². The monoisotopic (exact) mass is 392 g/mol. The first-order valence-electron chi connectivity index (χ1n) is 7.12. The molecular weight excluding hydrogens is 376 g/mol. The molecule has 24 heavy (non-hydrogen) atoms. The number of thioether (sulfide) groups is 1. The van der Waals surface area contributed by atoms with Crippen molar-refractivity contribution in [3.63, 3.8) is 0 Å². The molecule has 0 amide bonds. The number of alkyl halides is 3. The van der Waals surface area contributed by atoms with E-state index in [-0.39, 0.29) is 0 Å². The zero-order valence-corrected chi connectivity index (χ0v) is 15.4. The van der Waals surface area contributed by atoms with Gasteiger partial charge in [0.2, 0.25) is 0 Å². The first kappa shape index (κ1) is 19.3. The van der Waals surface area contributed by atoms with E-state index in [2.05, 4.69) is 0 Å². The molecule has 0 bridgehead atoms. The predicted molar refractivity (Wildman–Crippen MR) is 95.8 cm³/mol. The highest BCUT2D eigenvalue weighted by Gasteiger charge is 2.27. The second-order valence-electron chi connectivity index (χ2n) is 4.72. The quantitative estimate of drug-likeness (QED) is 0.464. The summed E-state index contributed by atoms with van der Waals surface area (Å²) in [7, 11) is 0. The molecule has 0 heterocycles. The second-order valence-corrected chi connectivity index (χ2v) is 9.16. The maximum atomic E-state index is 12.2. The molecule has 0 fully saturated rings. The van der Waals surface area contributed by atoms with Crippen LogP contribution in [0, 0.1) is 0 Å². The molecule has 0 saturated carbocycles. The molecule has 130 valence electrons. The van der Waals surface area contributed by atoms with Crippen LogP contribution in [0.5, 0.6) is 5.75 Å². The third-order valence-electron chi connectivity index (χ3n) is 2.82. The third-order valence-corrected chi connectivity index (χ3v) is 7.05. The van der Waals surface area contributed by atoms with Gasteiger partial charge in [-0.1, -0.05) is 18.2 Å². The number of rotatable bonds is 7. The largest absolute Gasteiger partial charge is 0.440 e. The van der Waals surface area contributed by atoms with Gasteiger partial charge in [0.15, 0.2) is 0 Å². The Morgan fingerprint density at radius 2 is 1.67 bits per heavy atom. The molecule has 8 heteroatoms. The first-order chi connectivity index (χ1) is 11.3. The molecule has 1 unspecified atom stereocenters. The summed E-state index contributed by atoms with van der Waals surface area (Å²) < 4.78 is 48.3. The van der Waals surface area contributed by atoms with E-state index in [4.69, 9.17) is 20.9 Å². The molecule has 0 aliphatic heterocycles. The number of hydrogen-bond acceptors (Lipinski definition) is 4. The zero-order chi connectivity index (χ0) is 17.6. The number of benzene rings is 2. The highest BCUT2D eigenvalue weighted by atomic mass is 32.5. The average Bonchev–Trinajstić information content (AvgIpc) is 2.54. The van der Waals surface area contributed by atoms with Gasteiger partial charge in [0, 0.05) is 10.2 Å². The van der Waals surface area contributed by atoms with E-state index in [9.17, 15) is 13.2 Å². The van der Waals surface area contributed by atoms with Crippen molar-refractivity contribution in [3.8, 4) is 5.75 Å². The maximum Gasteiger partial charge on any atom is 0.398 e. The molecule has 0 aliphatic carbocycles. The van der Waals surface area contributed by atoms with Crippen LogP contribution in [-0.2, 0) is 16.3 Å². The van der Waals surface area contributed by atoms with Crippen LogP contribution >= 0.6 is 18.3 Å². The van der Waals surface area contributed by atoms with Crippen molar-refractivity contribution in [2.75, 3.05) is 12.4 Å². The van der Waals surface area contributed by atoms with Gasteiger partial charge in [-0.05, 0) is 55.1 Å². The Bertz CT molecular complexity index is 691. The Morgan fingerprint density at radius 1 is 1.04 bits per heavy atom. The summed E-state index contributed by atoms with van der Waals surface area (Å²) in [4.78, 5) is 0.518. The fraction of sp³-hybridized carbons (Fsp3) is 0.250. The lowest BCUT2D eigenvalue weighted by Crippen LogP contribution is -2.12. The highest BCUT2D eigenvalue weighted by Crippen LogP contribution is 2.47. The van der Waals surface area contributed by atoms with Gasteiger partial charge in [-0.15, -0.1) is 11.8 Å². The summed E-state index contributed by atoms with van der Waals surface area (Å²) in [5, 5.41) is 0.789. The normalized spacial score (nSPS) is 14.2. The van der Waals surface area contributed by atoms with Crippen molar-refractivity contribution in [3.05, 3.63) is 54.6 Å². The Kier molecular flexibility index (Phi) is 6.75. The molecule has 0 aliphatic rings. The lowest BCUT2D eigenvalue weighted by Gasteiger charge is -2.22. The molecule has 2 rings (SSSR count). The van der Waals surface area contributed by atoms with Crippen molar-refractivity contribution >= 4 is 35.4 Å². The van der Waals surface area contributed by atoms with Crippen LogP contribution in [0.15, 0.2) is 59.5 Å².